The smallest absolute Gasteiger partial charge is 0.406 e. The number of rotatable bonds is 5. The van der Waals surface area contributed by atoms with E-state index in [1.165, 1.54) is 23.8 Å². The molecule has 2 saturated heterocycles. The van der Waals surface area contributed by atoms with Crippen molar-refractivity contribution in [3.8, 4) is 5.75 Å². The highest BCUT2D eigenvalue weighted by molar-refractivity contribution is 6.31. The minimum Gasteiger partial charge on any atom is -0.406 e. The molecular weight excluding hydrogens is 389 g/mol. The SMILES string of the molecule is FC(F)(F)Oc1ccc(Cl)c(CN[C@@H]2CC[C@H]3CC[C@]2(c2ccccc2)N3)c1. The molecule has 3 nitrogen and oxygen atoms in total. The Kier molecular flexibility index (Phi) is 5.29. The van der Waals surface area contributed by atoms with Crippen LogP contribution in [0.5, 0.6) is 5.75 Å². The van der Waals surface area contributed by atoms with Crippen LogP contribution in [0.2, 0.25) is 5.02 Å². The Labute approximate surface area is 167 Å². The van der Waals surface area contributed by atoms with Crippen molar-refractivity contribution in [2.75, 3.05) is 0 Å². The van der Waals surface area contributed by atoms with Crippen molar-refractivity contribution in [3.05, 3.63) is 64.7 Å². The number of fused-ring (bicyclic) bond motifs is 2. The molecule has 2 heterocycles. The Morgan fingerprint density at radius 1 is 1.11 bits per heavy atom. The Morgan fingerprint density at radius 3 is 2.64 bits per heavy atom. The molecule has 2 bridgehead atoms. The fourth-order valence-corrected chi connectivity index (χ4v) is 4.76. The molecule has 0 unspecified atom stereocenters. The lowest BCUT2D eigenvalue weighted by Gasteiger charge is -2.43. The molecule has 0 aliphatic carbocycles. The van der Waals surface area contributed by atoms with Crippen molar-refractivity contribution in [2.45, 2.75) is 56.2 Å². The van der Waals surface area contributed by atoms with Gasteiger partial charge >= 0.3 is 6.36 Å². The Morgan fingerprint density at radius 2 is 1.89 bits per heavy atom. The maximum Gasteiger partial charge on any atom is 0.573 e. The fraction of sp³-hybridized carbons (Fsp3) is 0.429. The van der Waals surface area contributed by atoms with Gasteiger partial charge < -0.3 is 15.4 Å². The van der Waals surface area contributed by atoms with E-state index in [4.69, 9.17) is 11.6 Å². The quantitative estimate of drug-likeness (QED) is 0.716. The van der Waals surface area contributed by atoms with Crippen LogP contribution in [0.15, 0.2) is 48.5 Å². The van der Waals surface area contributed by atoms with Gasteiger partial charge in [-0.05, 0) is 55.0 Å². The molecule has 7 heteroatoms. The molecule has 0 amide bonds. The predicted molar refractivity (Wildman–Crippen MR) is 102 cm³/mol. The number of piperidine rings is 1. The van der Waals surface area contributed by atoms with Crippen LogP contribution in [0.25, 0.3) is 0 Å². The topological polar surface area (TPSA) is 33.3 Å². The Bertz CT molecular complexity index is 830. The van der Waals surface area contributed by atoms with Gasteiger partial charge in [0, 0.05) is 23.7 Å². The van der Waals surface area contributed by atoms with Gasteiger partial charge in [-0.1, -0.05) is 41.9 Å². The van der Waals surface area contributed by atoms with Crippen LogP contribution >= 0.6 is 11.6 Å². The summed E-state index contributed by atoms with van der Waals surface area (Å²) in [7, 11) is 0. The summed E-state index contributed by atoms with van der Waals surface area (Å²) in [5.41, 5.74) is 1.68. The maximum absolute atomic E-state index is 12.5. The van der Waals surface area contributed by atoms with E-state index in [0.29, 0.717) is 23.2 Å². The molecule has 0 saturated carbocycles. The molecule has 2 fully saturated rings. The first-order valence-electron chi connectivity index (χ1n) is 9.46. The number of hydrogen-bond acceptors (Lipinski definition) is 3. The second-order valence-corrected chi connectivity index (χ2v) is 7.94. The lowest BCUT2D eigenvalue weighted by molar-refractivity contribution is -0.274. The Hall–Kier alpha value is -1.76. The number of alkyl halides is 3. The first kappa shape index (κ1) is 19.6. The van der Waals surface area contributed by atoms with Crippen molar-refractivity contribution in [3.63, 3.8) is 0 Å². The molecule has 150 valence electrons. The van der Waals surface area contributed by atoms with Crippen LogP contribution in [0.1, 0.15) is 36.8 Å². The number of benzene rings is 2. The minimum atomic E-state index is -4.72. The van der Waals surface area contributed by atoms with E-state index < -0.39 is 6.36 Å². The van der Waals surface area contributed by atoms with E-state index in [-0.39, 0.29) is 17.3 Å². The first-order chi connectivity index (χ1) is 13.4. The molecular formula is C21H22ClF3N2O. The van der Waals surface area contributed by atoms with E-state index >= 15 is 0 Å². The zero-order valence-electron chi connectivity index (χ0n) is 15.2. The van der Waals surface area contributed by atoms with Crippen molar-refractivity contribution in [2.24, 2.45) is 0 Å². The van der Waals surface area contributed by atoms with Crippen LogP contribution in [-0.4, -0.2) is 18.4 Å². The van der Waals surface area contributed by atoms with Gasteiger partial charge in [-0.2, -0.15) is 0 Å². The number of hydrogen-bond donors (Lipinski definition) is 2. The summed E-state index contributed by atoms with van der Waals surface area (Å²) in [5, 5.41) is 7.77. The molecule has 2 aromatic rings. The van der Waals surface area contributed by atoms with Gasteiger partial charge in [-0.3, -0.25) is 0 Å². The van der Waals surface area contributed by atoms with E-state index in [0.717, 1.165) is 25.7 Å². The molecule has 3 atom stereocenters. The molecule has 2 aliphatic rings. The van der Waals surface area contributed by atoms with Crippen LogP contribution < -0.4 is 15.4 Å². The summed E-state index contributed by atoms with van der Waals surface area (Å²) in [6.07, 6.45) is -0.477. The molecule has 0 radical (unpaired) electrons. The normalized spacial score (nSPS) is 27.0. The summed E-state index contributed by atoms with van der Waals surface area (Å²) in [5.74, 6) is -0.255. The zero-order valence-corrected chi connectivity index (χ0v) is 16.0. The summed E-state index contributed by atoms with van der Waals surface area (Å²) in [6.45, 7) is 0.374. The average Bonchev–Trinajstić information content (AvgIpc) is 3.02. The molecule has 2 aromatic carbocycles. The summed E-state index contributed by atoms with van der Waals surface area (Å²) in [4.78, 5) is 0. The fourth-order valence-electron chi connectivity index (χ4n) is 4.57. The highest BCUT2D eigenvalue weighted by Crippen LogP contribution is 2.43. The lowest BCUT2D eigenvalue weighted by Crippen LogP contribution is -2.58. The average molecular weight is 411 g/mol. The first-order valence-corrected chi connectivity index (χ1v) is 9.84. The van der Waals surface area contributed by atoms with E-state index in [1.807, 2.05) is 18.2 Å². The summed E-state index contributed by atoms with van der Waals surface area (Å²) in [6, 6.07) is 15.1. The van der Waals surface area contributed by atoms with Gasteiger partial charge in [0.05, 0.1) is 5.54 Å². The summed E-state index contributed by atoms with van der Waals surface area (Å²) < 4.78 is 41.6. The van der Waals surface area contributed by atoms with Gasteiger partial charge in [0.15, 0.2) is 0 Å². The highest BCUT2D eigenvalue weighted by Gasteiger charge is 2.48. The van der Waals surface area contributed by atoms with Crippen molar-refractivity contribution >= 4 is 11.6 Å². The standard InChI is InChI=1S/C21H22ClF3N2O/c22-18-8-7-17(28-21(23,24)25)12-14(18)13-26-19-9-6-16-10-11-20(19,27-16)15-4-2-1-3-5-15/h1-5,7-8,12,16,19,26-27H,6,9-11,13H2/t16-,19+,20+/m0/s1. The van der Waals surface area contributed by atoms with E-state index in [2.05, 4.69) is 27.5 Å². The third-order valence-corrected chi connectivity index (χ3v) is 6.19. The van der Waals surface area contributed by atoms with Gasteiger partial charge in [0.25, 0.3) is 0 Å². The van der Waals surface area contributed by atoms with Crippen molar-refractivity contribution in [1.29, 1.82) is 0 Å². The second kappa shape index (κ2) is 7.58. The second-order valence-electron chi connectivity index (χ2n) is 7.53. The lowest BCUT2D eigenvalue weighted by atomic mass is 9.79. The van der Waals surface area contributed by atoms with Crippen LogP contribution in [0.3, 0.4) is 0 Å². The third kappa shape index (κ3) is 4.00. The van der Waals surface area contributed by atoms with Crippen LogP contribution in [0.4, 0.5) is 13.2 Å². The molecule has 2 aliphatic heterocycles. The van der Waals surface area contributed by atoms with Gasteiger partial charge in [-0.15, -0.1) is 13.2 Å². The van der Waals surface area contributed by atoms with Crippen molar-refractivity contribution < 1.29 is 17.9 Å². The predicted octanol–water partition coefficient (Wildman–Crippen LogP) is 5.14. The number of halogens is 4. The van der Waals surface area contributed by atoms with E-state index in [9.17, 15) is 13.2 Å². The van der Waals surface area contributed by atoms with E-state index in [1.54, 1.807) is 0 Å². The van der Waals surface area contributed by atoms with Crippen LogP contribution in [0, 0.1) is 0 Å². The molecule has 0 aromatic heterocycles. The van der Waals surface area contributed by atoms with Gasteiger partial charge in [0.2, 0.25) is 0 Å². The minimum absolute atomic E-state index is 0.156. The highest BCUT2D eigenvalue weighted by atomic mass is 35.5. The third-order valence-electron chi connectivity index (χ3n) is 5.83. The number of ether oxygens (including phenoxy) is 1. The van der Waals surface area contributed by atoms with Crippen molar-refractivity contribution in [1.82, 2.24) is 10.6 Å². The monoisotopic (exact) mass is 410 g/mol. The molecule has 0 spiro atoms. The maximum atomic E-state index is 12.5. The van der Waals surface area contributed by atoms with Crippen LogP contribution in [-0.2, 0) is 12.1 Å². The zero-order chi connectivity index (χ0) is 19.8. The number of nitrogens with one attached hydrogen (secondary N) is 2. The van der Waals surface area contributed by atoms with Gasteiger partial charge in [0.1, 0.15) is 5.75 Å². The Balaban J connectivity index is 1.53. The molecule has 4 rings (SSSR count). The molecule has 2 N–H and O–H groups in total. The summed E-state index contributed by atoms with van der Waals surface area (Å²) >= 11 is 6.22. The molecule has 28 heavy (non-hydrogen) atoms. The largest absolute Gasteiger partial charge is 0.573 e. The van der Waals surface area contributed by atoms with Gasteiger partial charge in [-0.25, -0.2) is 0 Å².